The van der Waals surface area contributed by atoms with Gasteiger partial charge >= 0.3 is 12.1 Å². The SMILES string of the molecule is CC(=O)N1CCC(C(=O)N(CCCNCCCCc2ccccc2)c2cccc(Cl)c2)CC1.O=C(O)C(F)(F)F. The van der Waals surface area contributed by atoms with Crippen LogP contribution < -0.4 is 10.2 Å². The third-order valence-corrected chi connectivity index (χ3v) is 6.80. The van der Waals surface area contributed by atoms with Crippen LogP contribution in [-0.4, -0.2) is 66.7 Å². The number of benzene rings is 2. The van der Waals surface area contributed by atoms with Crippen LogP contribution in [0.15, 0.2) is 54.6 Å². The second kappa shape index (κ2) is 16.9. The Kier molecular flexibility index (Phi) is 14.0. The van der Waals surface area contributed by atoms with Crippen molar-refractivity contribution in [3.05, 3.63) is 65.2 Å². The smallest absolute Gasteiger partial charge is 0.475 e. The van der Waals surface area contributed by atoms with Crippen molar-refractivity contribution in [3.63, 3.8) is 0 Å². The van der Waals surface area contributed by atoms with Crippen LogP contribution in [0.2, 0.25) is 5.02 Å². The number of carboxylic acid groups (broad SMARTS) is 1. The number of rotatable bonds is 11. The molecule has 1 heterocycles. The third-order valence-electron chi connectivity index (χ3n) is 6.57. The van der Waals surface area contributed by atoms with E-state index in [0.717, 1.165) is 50.9 Å². The lowest BCUT2D eigenvalue weighted by atomic mass is 9.95. The molecule has 0 radical (unpaired) electrons. The number of anilines is 1. The summed E-state index contributed by atoms with van der Waals surface area (Å²) in [5.74, 6) is -2.58. The third kappa shape index (κ3) is 12.0. The van der Waals surface area contributed by atoms with E-state index in [2.05, 4.69) is 35.6 Å². The van der Waals surface area contributed by atoms with Crippen LogP contribution in [0, 0.1) is 5.92 Å². The summed E-state index contributed by atoms with van der Waals surface area (Å²) in [4.78, 5) is 37.6. The molecule has 1 fully saturated rings. The van der Waals surface area contributed by atoms with E-state index in [-0.39, 0.29) is 17.7 Å². The lowest BCUT2D eigenvalue weighted by Crippen LogP contribution is -2.44. The van der Waals surface area contributed by atoms with Crippen molar-refractivity contribution in [3.8, 4) is 0 Å². The van der Waals surface area contributed by atoms with Gasteiger partial charge in [-0.3, -0.25) is 9.59 Å². The second-order valence-electron chi connectivity index (χ2n) is 9.60. The summed E-state index contributed by atoms with van der Waals surface area (Å²) in [6.45, 7) is 5.41. The van der Waals surface area contributed by atoms with E-state index >= 15 is 0 Å². The monoisotopic (exact) mass is 583 g/mol. The lowest BCUT2D eigenvalue weighted by Gasteiger charge is -2.34. The fraction of sp³-hybridized carbons (Fsp3) is 0.483. The number of hydrogen-bond acceptors (Lipinski definition) is 4. The van der Waals surface area contributed by atoms with Crippen LogP contribution in [0.25, 0.3) is 0 Å². The summed E-state index contributed by atoms with van der Waals surface area (Å²) in [7, 11) is 0. The van der Waals surface area contributed by atoms with Gasteiger partial charge in [0.05, 0.1) is 0 Å². The van der Waals surface area contributed by atoms with Crippen molar-refractivity contribution in [2.75, 3.05) is 37.6 Å². The molecule has 0 bridgehead atoms. The molecule has 0 saturated carbocycles. The van der Waals surface area contributed by atoms with Gasteiger partial charge in [-0.25, -0.2) is 4.79 Å². The molecular weight excluding hydrogens is 547 g/mol. The molecule has 2 aromatic rings. The summed E-state index contributed by atoms with van der Waals surface area (Å²) in [5.41, 5.74) is 2.24. The number of carbonyl (C=O) groups excluding carboxylic acids is 2. The summed E-state index contributed by atoms with van der Waals surface area (Å²) in [6.07, 6.45) is 0.652. The highest BCUT2D eigenvalue weighted by Crippen LogP contribution is 2.26. The largest absolute Gasteiger partial charge is 0.490 e. The minimum absolute atomic E-state index is 0.0504. The van der Waals surface area contributed by atoms with E-state index in [4.69, 9.17) is 21.5 Å². The Morgan fingerprint density at radius 1 is 1.00 bits per heavy atom. The number of alkyl halides is 3. The maximum absolute atomic E-state index is 13.4. The topological polar surface area (TPSA) is 90.0 Å². The van der Waals surface area contributed by atoms with Crippen molar-refractivity contribution < 1.29 is 32.7 Å². The molecule has 2 N–H and O–H groups in total. The van der Waals surface area contributed by atoms with Crippen molar-refractivity contribution in [1.29, 1.82) is 0 Å². The number of aliphatic carboxylic acids is 1. The Hall–Kier alpha value is -3.11. The zero-order chi connectivity index (χ0) is 29.5. The highest BCUT2D eigenvalue weighted by atomic mass is 35.5. The standard InChI is InChI=1S/C27H36ClN3O2.C2HF3O2/c1-22(32)30-19-14-24(15-20-30)27(33)31(26-13-7-12-25(28)21-26)18-8-17-29-16-6-5-11-23-9-3-2-4-10-23;3-2(4,5)1(6)7/h2-4,7,9-10,12-13,21,24,29H,5-6,8,11,14-20H2,1H3;(H,6,7). The predicted molar refractivity (Wildman–Crippen MR) is 149 cm³/mol. The molecule has 0 aromatic heterocycles. The Morgan fingerprint density at radius 3 is 2.20 bits per heavy atom. The van der Waals surface area contributed by atoms with Crippen LogP contribution >= 0.6 is 11.6 Å². The fourth-order valence-corrected chi connectivity index (χ4v) is 4.57. The van der Waals surface area contributed by atoms with E-state index < -0.39 is 12.1 Å². The Morgan fingerprint density at radius 2 is 1.62 bits per heavy atom. The molecule has 3 rings (SSSR count). The number of piperidine rings is 1. The Bertz CT molecular complexity index is 1080. The Balaban J connectivity index is 0.000000708. The van der Waals surface area contributed by atoms with E-state index in [1.165, 1.54) is 12.0 Å². The van der Waals surface area contributed by atoms with Gasteiger partial charge in [0.15, 0.2) is 0 Å². The predicted octanol–water partition coefficient (Wildman–Crippen LogP) is 5.57. The first-order valence-corrected chi connectivity index (χ1v) is 13.7. The number of amides is 2. The van der Waals surface area contributed by atoms with E-state index in [1.54, 1.807) is 6.92 Å². The normalized spacial score (nSPS) is 13.8. The van der Waals surface area contributed by atoms with Crippen LogP contribution in [0.5, 0.6) is 0 Å². The number of nitrogens with one attached hydrogen (secondary N) is 1. The van der Waals surface area contributed by atoms with E-state index in [9.17, 15) is 22.8 Å². The quantitative estimate of drug-likeness (QED) is 0.338. The van der Waals surface area contributed by atoms with Gasteiger partial charge in [-0.2, -0.15) is 13.2 Å². The zero-order valence-corrected chi connectivity index (χ0v) is 23.4. The number of hydrogen-bond donors (Lipinski definition) is 2. The first-order chi connectivity index (χ1) is 19.0. The fourth-order valence-electron chi connectivity index (χ4n) is 4.38. The molecule has 0 aliphatic carbocycles. The maximum atomic E-state index is 13.4. The first kappa shape index (κ1) is 33.1. The molecule has 220 valence electrons. The average molecular weight is 584 g/mol. The zero-order valence-electron chi connectivity index (χ0n) is 22.6. The number of aryl methyl sites for hydroxylation is 1. The molecule has 1 saturated heterocycles. The van der Waals surface area contributed by atoms with Crippen molar-refractivity contribution >= 4 is 35.1 Å². The van der Waals surface area contributed by atoms with E-state index in [0.29, 0.717) is 24.7 Å². The van der Waals surface area contributed by atoms with Crippen LogP contribution in [0.3, 0.4) is 0 Å². The minimum Gasteiger partial charge on any atom is -0.475 e. The lowest BCUT2D eigenvalue weighted by molar-refractivity contribution is -0.192. The molecule has 7 nitrogen and oxygen atoms in total. The molecule has 11 heteroatoms. The summed E-state index contributed by atoms with van der Waals surface area (Å²) >= 11 is 6.22. The number of likely N-dealkylation sites (tertiary alicyclic amines) is 1. The van der Waals surface area contributed by atoms with Crippen molar-refractivity contribution in [2.24, 2.45) is 5.92 Å². The van der Waals surface area contributed by atoms with Gasteiger partial charge in [0.2, 0.25) is 11.8 Å². The van der Waals surface area contributed by atoms with Gasteiger partial charge in [0.25, 0.3) is 0 Å². The highest BCUT2D eigenvalue weighted by Gasteiger charge is 2.38. The highest BCUT2D eigenvalue weighted by molar-refractivity contribution is 6.30. The van der Waals surface area contributed by atoms with Crippen LogP contribution in [0.4, 0.5) is 18.9 Å². The molecule has 2 aromatic carbocycles. The van der Waals surface area contributed by atoms with E-state index in [1.807, 2.05) is 34.1 Å². The van der Waals surface area contributed by atoms with Crippen LogP contribution in [0.1, 0.15) is 44.6 Å². The second-order valence-corrected chi connectivity index (χ2v) is 10.0. The molecule has 0 unspecified atom stereocenters. The maximum Gasteiger partial charge on any atom is 0.490 e. The van der Waals surface area contributed by atoms with Gasteiger partial charge in [0.1, 0.15) is 0 Å². The minimum atomic E-state index is -5.08. The van der Waals surface area contributed by atoms with Gasteiger partial charge in [-0.05, 0) is 75.4 Å². The Labute approximate surface area is 238 Å². The summed E-state index contributed by atoms with van der Waals surface area (Å²) in [5, 5.41) is 11.3. The summed E-state index contributed by atoms with van der Waals surface area (Å²) < 4.78 is 31.7. The first-order valence-electron chi connectivity index (χ1n) is 13.4. The van der Waals surface area contributed by atoms with Crippen molar-refractivity contribution in [2.45, 2.75) is 51.6 Å². The molecule has 40 heavy (non-hydrogen) atoms. The molecule has 2 amide bonds. The van der Waals surface area contributed by atoms with Gasteiger partial charge < -0.3 is 20.2 Å². The van der Waals surface area contributed by atoms with Crippen LogP contribution in [-0.2, 0) is 20.8 Å². The van der Waals surface area contributed by atoms with Gasteiger partial charge in [-0.1, -0.05) is 48.0 Å². The molecule has 1 aliphatic rings. The molecular formula is C29H37ClF3N3O4. The number of nitrogens with zero attached hydrogens (tertiary/aromatic N) is 2. The molecule has 1 aliphatic heterocycles. The number of carbonyl (C=O) groups is 3. The average Bonchev–Trinajstić information content (AvgIpc) is 2.92. The number of halogens is 4. The van der Waals surface area contributed by atoms with Gasteiger partial charge in [-0.15, -0.1) is 0 Å². The summed E-state index contributed by atoms with van der Waals surface area (Å²) in [6, 6.07) is 18.1. The molecule has 0 spiro atoms. The number of carboxylic acids is 1. The van der Waals surface area contributed by atoms with Crippen molar-refractivity contribution in [1.82, 2.24) is 10.2 Å². The van der Waals surface area contributed by atoms with Gasteiger partial charge in [0, 0.05) is 43.2 Å². The molecule has 0 atom stereocenters. The number of unbranched alkanes of at least 4 members (excludes halogenated alkanes) is 1.